The number of aliphatic carboxylic acids is 1. The van der Waals surface area contributed by atoms with Gasteiger partial charge in [0.15, 0.2) is 11.3 Å². The zero-order chi connectivity index (χ0) is 21.5. The van der Waals surface area contributed by atoms with Gasteiger partial charge in [-0.1, -0.05) is 0 Å². The van der Waals surface area contributed by atoms with Gasteiger partial charge in [0.2, 0.25) is 11.7 Å². The number of H-pyrrole nitrogens is 1. The van der Waals surface area contributed by atoms with Gasteiger partial charge in [0.1, 0.15) is 12.4 Å². The summed E-state index contributed by atoms with van der Waals surface area (Å²) in [4.78, 5) is 33.0. The Bertz CT molecular complexity index is 980. The summed E-state index contributed by atoms with van der Waals surface area (Å²) in [7, 11) is 3.20. The van der Waals surface area contributed by atoms with Crippen LogP contribution >= 0.6 is 0 Å². The highest BCUT2D eigenvalue weighted by Crippen LogP contribution is 2.30. The molecule has 0 amide bonds. The summed E-state index contributed by atoms with van der Waals surface area (Å²) >= 11 is 0. The summed E-state index contributed by atoms with van der Waals surface area (Å²) in [6, 6.07) is 3.61. The molecule has 3 heterocycles. The first kappa shape index (κ1) is 21.5. The molecule has 160 valence electrons. The zero-order valence-corrected chi connectivity index (χ0v) is 16.7. The van der Waals surface area contributed by atoms with Crippen molar-refractivity contribution in [3.8, 4) is 0 Å². The van der Waals surface area contributed by atoms with Crippen LogP contribution in [0.2, 0.25) is 0 Å². The Morgan fingerprint density at radius 1 is 1.33 bits per heavy atom. The van der Waals surface area contributed by atoms with E-state index in [0.717, 1.165) is 5.39 Å². The number of allylic oxidation sites excluding steroid dienone is 1. The van der Waals surface area contributed by atoms with Crippen molar-refractivity contribution in [3.63, 3.8) is 0 Å². The van der Waals surface area contributed by atoms with E-state index in [4.69, 9.17) is 18.9 Å². The standard InChI is InChI=1S/C20H23N3O7/c1-23(6-7-28-12-29-9-8-27-2)19-16(20(25)26)17(24)15(30-19)10-13-11-22-18-14(13)4-3-5-21-18/h3-5,10-11H,6-9,12H2,1-2H3,(H,21,22)(H,25,26)/b15-10-. The van der Waals surface area contributed by atoms with E-state index >= 15 is 0 Å². The molecule has 1 aliphatic rings. The van der Waals surface area contributed by atoms with Gasteiger partial charge in [-0.25, -0.2) is 9.78 Å². The van der Waals surface area contributed by atoms with E-state index in [-0.39, 0.29) is 25.0 Å². The average Bonchev–Trinajstić information content (AvgIpc) is 3.29. The minimum atomic E-state index is -1.35. The molecule has 0 unspecified atom stereocenters. The summed E-state index contributed by atoms with van der Waals surface area (Å²) in [5.74, 6) is -2.13. The normalized spacial score (nSPS) is 15.3. The second kappa shape index (κ2) is 10.0. The molecule has 0 spiro atoms. The van der Waals surface area contributed by atoms with Gasteiger partial charge in [-0.2, -0.15) is 0 Å². The first-order valence-corrected chi connectivity index (χ1v) is 9.22. The lowest BCUT2D eigenvalue weighted by Crippen LogP contribution is -2.25. The summed E-state index contributed by atoms with van der Waals surface area (Å²) in [5, 5.41) is 10.3. The molecule has 0 saturated carbocycles. The second-order valence-electron chi connectivity index (χ2n) is 6.42. The van der Waals surface area contributed by atoms with E-state index in [2.05, 4.69) is 9.97 Å². The van der Waals surface area contributed by atoms with E-state index in [9.17, 15) is 14.7 Å². The number of carbonyl (C=O) groups is 2. The minimum Gasteiger partial charge on any atom is -0.477 e. The molecular weight excluding hydrogens is 394 g/mol. The number of carboxylic acid groups (broad SMARTS) is 1. The maximum absolute atomic E-state index is 12.7. The van der Waals surface area contributed by atoms with Gasteiger partial charge in [0.25, 0.3) is 0 Å². The van der Waals surface area contributed by atoms with E-state index in [0.29, 0.717) is 31.0 Å². The highest BCUT2D eigenvalue weighted by Gasteiger charge is 2.37. The minimum absolute atomic E-state index is 0.0272. The van der Waals surface area contributed by atoms with E-state index < -0.39 is 17.3 Å². The van der Waals surface area contributed by atoms with Gasteiger partial charge in [-0.15, -0.1) is 0 Å². The maximum Gasteiger partial charge on any atom is 0.345 e. The zero-order valence-electron chi connectivity index (χ0n) is 16.7. The van der Waals surface area contributed by atoms with Crippen molar-refractivity contribution in [2.45, 2.75) is 0 Å². The summed E-state index contributed by atoms with van der Waals surface area (Å²) in [5.41, 5.74) is 0.910. The van der Waals surface area contributed by atoms with Crippen LogP contribution in [0.5, 0.6) is 0 Å². The Balaban J connectivity index is 1.68. The van der Waals surface area contributed by atoms with Crippen molar-refractivity contribution in [3.05, 3.63) is 47.3 Å². The highest BCUT2D eigenvalue weighted by molar-refractivity contribution is 6.26. The number of nitrogens with zero attached hydrogens (tertiary/aromatic N) is 2. The van der Waals surface area contributed by atoms with Crippen LogP contribution in [-0.4, -0.2) is 79.0 Å². The number of aromatic amines is 1. The molecule has 2 aromatic heterocycles. The Hall–Kier alpha value is -3.21. The van der Waals surface area contributed by atoms with Gasteiger partial charge in [-0.05, 0) is 18.2 Å². The first-order valence-electron chi connectivity index (χ1n) is 9.22. The molecule has 0 radical (unpaired) electrons. The number of likely N-dealkylation sites (N-methyl/N-ethyl adjacent to an activating group) is 1. The quantitative estimate of drug-likeness (QED) is 0.241. The number of carboxylic acids is 1. The van der Waals surface area contributed by atoms with Crippen molar-refractivity contribution in [2.75, 3.05) is 47.3 Å². The molecule has 0 bridgehead atoms. The van der Waals surface area contributed by atoms with Crippen LogP contribution in [0.4, 0.5) is 0 Å². The van der Waals surface area contributed by atoms with E-state index in [1.807, 2.05) is 6.07 Å². The first-order chi connectivity index (χ1) is 14.5. The summed E-state index contributed by atoms with van der Waals surface area (Å²) in [6.45, 7) is 1.52. The number of rotatable bonds is 11. The predicted octanol–water partition coefficient (Wildman–Crippen LogP) is 1.37. The molecule has 2 N–H and O–H groups in total. The second-order valence-corrected chi connectivity index (χ2v) is 6.42. The van der Waals surface area contributed by atoms with Crippen molar-refractivity contribution < 1.29 is 33.6 Å². The molecule has 1 aliphatic heterocycles. The predicted molar refractivity (Wildman–Crippen MR) is 106 cm³/mol. The Labute approximate surface area is 172 Å². The maximum atomic E-state index is 12.7. The number of carbonyl (C=O) groups excluding carboxylic acids is 1. The molecule has 10 nitrogen and oxygen atoms in total. The van der Waals surface area contributed by atoms with Crippen LogP contribution in [0.1, 0.15) is 5.56 Å². The lowest BCUT2D eigenvalue weighted by molar-refractivity contribution is -0.134. The molecular formula is C20H23N3O7. The van der Waals surface area contributed by atoms with Gasteiger partial charge in [0.05, 0.1) is 19.8 Å². The molecule has 10 heteroatoms. The van der Waals surface area contributed by atoms with Crippen molar-refractivity contribution in [1.29, 1.82) is 0 Å². The number of aromatic nitrogens is 2. The topological polar surface area (TPSA) is 123 Å². The third-order valence-corrected chi connectivity index (χ3v) is 4.37. The van der Waals surface area contributed by atoms with Crippen LogP contribution in [0.25, 0.3) is 17.1 Å². The van der Waals surface area contributed by atoms with Gasteiger partial charge < -0.3 is 33.9 Å². The van der Waals surface area contributed by atoms with Crippen LogP contribution in [0.3, 0.4) is 0 Å². The summed E-state index contributed by atoms with van der Waals surface area (Å²) < 4.78 is 21.0. The number of methoxy groups -OCH3 is 1. The Morgan fingerprint density at radius 3 is 2.90 bits per heavy atom. The highest BCUT2D eigenvalue weighted by atomic mass is 16.7. The number of Topliss-reactive ketones (excluding diaryl/α,β-unsaturated/α-hetero) is 1. The molecule has 0 atom stereocenters. The summed E-state index contributed by atoms with van der Waals surface area (Å²) in [6.07, 6.45) is 4.84. The molecule has 2 aromatic rings. The fraction of sp³-hybridized carbons (Fsp3) is 0.350. The molecule has 3 rings (SSSR count). The van der Waals surface area contributed by atoms with E-state index in [1.165, 1.54) is 11.0 Å². The lowest BCUT2D eigenvalue weighted by Gasteiger charge is -2.19. The third kappa shape index (κ3) is 4.85. The Kier molecular flexibility index (Phi) is 7.17. The lowest BCUT2D eigenvalue weighted by atomic mass is 10.1. The van der Waals surface area contributed by atoms with Crippen LogP contribution in [0.15, 0.2) is 41.7 Å². The van der Waals surface area contributed by atoms with E-state index in [1.54, 1.807) is 32.6 Å². The Morgan fingerprint density at radius 2 is 2.13 bits per heavy atom. The number of pyridine rings is 1. The number of fused-ring (bicyclic) bond motifs is 1. The van der Waals surface area contributed by atoms with Crippen LogP contribution < -0.4 is 0 Å². The number of hydrogen-bond acceptors (Lipinski definition) is 8. The van der Waals surface area contributed by atoms with Crippen molar-refractivity contribution in [1.82, 2.24) is 14.9 Å². The SMILES string of the molecule is COCCOCOCCN(C)C1=C(C(=O)O)C(=O)/C(=C/c2c[nH]c3ncccc23)O1. The molecule has 30 heavy (non-hydrogen) atoms. The fourth-order valence-corrected chi connectivity index (χ4v) is 2.83. The molecule has 0 fully saturated rings. The van der Waals surface area contributed by atoms with Crippen molar-refractivity contribution >= 4 is 28.9 Å². The smallest absolute Gasteiger partial charge is 0.345 e. The molecule has 0 aromatic carbocycles. The number of nitrogens with one attached hydrogen (secondary N) is 1. The van der Waals surface area contributed by atoms with Gasteiger partial charge in [0, 0.05) is 44.0 Å². The van der Waals surface area contributed by atoms with Crippen LogP contribution in [0, 0.1) is 0 Å². The van der Waals surface area contributed by atoms with Crippen LogP contribution in [-0.2, 0) is 28.5 Å². The van der Waals surface area contributed by atoms with Gasteiger partial charge in [-0.3, -0.25) is 4.79 Å². The van der Waals surface area contributed by atoms with Crippen molar-refractivity contribution in [2.24, 2.45) is 0 Å². The third-order valence-electron chi connectivity index (χ3n) is 4.37. The number of hydrogen-bond donors (Lipinski definition) is 2. The number of ether oxygens (including phenoxy) is 4. The average molecular weight is 417 g/mol. The van der Waals surface area contributed by atoms with Gasteiger partial charge >= 0.3 is 5.97 Å². The largest absolute Gasteiger partial charge is 0.477 e. The monoisotopic (exact) mass is 417 g/mol. The molecule has 0 aliphatic carbocycles. The molecule has 0 saturated heterocycles. The fourth-order valence-electron chi connectivity index (χ4n) is 2.83. The number of ketones is 1.